The van der Waals surface area contributed by atoms with Crippen LogP contribution in [0.1, 0.15) is 11.3 Å². The highest BCUT2D eigenvalue weighted by Crippen LogP contribution is 2.33. The Morgan fingerprint density at radius 1 is 1.06 bits per heavy atom. The fraction of sp³-hybridized carbons (Fsp3) is 0.125. The lowest BCUT2D eigenvalue weighted by molar-refractivity contribution is -0.111. The number of carbonyl (C=O) groups is 1. The molecule has 162 valence electrons. The zero-order valence-electron chi connectivity index (χ0n) is 17.9. The molecule has 0 radical (unpaired) electrons. The normalized spacial score (nSPS) is 11.0. The van der Waals surface area contributed by atoms with Gasteiger partial charge in [0.1, 0.15) is 5.82 Å². The Balaban J connectivity index is 1.56. The maximum atomic E-state index is 12.5. The van der Waals surface area contributed by atoms with E-state index in [-0.39, 0.29) is 5.91 Å². The molecule has 2 heterocycles. The number of hydrogen-bond acceptors (Lipinski definition) is 6. The first kappa shape index (κ1) is 21.3. The molecule has 0 fully saturated rings. The minimum Gasteiger partial charge on any atom is -0.493 e. The highest BCUT2D eigenvalue weighted by Gasteiger charge is 2.15. The fourth-order valence-electron chi connectivity index (χ4n) is 3.13. The van der Waals surface area contributed by atoms with Crippen molar-refractivity contribution in [1.82, 2.24) is 14.8 Å². The van der Waals surface area contributed by atoms with E-state index < -0.39 is 0 Å². The van der Waals surface area contributed by atoms with Gasteiger partial charge >= 0.3 is 0 Å². The molecule has 2 aromatic heterocycles. The number of amides is 1. The van der Waals surface area contributed by atoms with Gasteiger partial charge in [0, 0.05) is 23.1 Å². The minimum absolute atomic E-state index is 0.244. The molecule has 0 saturated heterocycles. The number of methoxy groups -OCH3 is 2. The van der Waals surface area contributed by atoms with Crippen molar-refractivity contribution in [2.45, 2.75) is 6.92 Å². The van der Waals surface area contributed by atoms with Crippen molar-refractivity contribution in [1.29, 1.82) is 0 Å². The van der Waals surface area contributed by atoms with Gasteiger partial charge in [-0.05, 0) is 36.8 Å². The van der Waals surface area contributed by atoms with E-state index in [0.29, 0.717) is 22.4 Å². The maximum Gasteiger partial charge on any atom is 0.249 e. The van der Waals surface area contributed by atoms with Gasteiger partial charge in [0.2, 0.25) is 11.0 Å². The number of benzene rings is 2. The van der Waals surface area contributed by atoms with Crippen LogP contribution in [0.5, 0.6) is 11.5 Å². The predicted octanol–water partition coefficient (Wildman–Crippen LogP) is 4.97. The van der Waals surface area contributed by atoms with Crippen molar-refractivity contribution in [3.8, 4) is 27.9 Å². The molecule has 8 heteroatoms. The Morgan fingerprint density at radius 3 is 2.59 bits per heavy atom. The Morgan fingerprint density at radius 2 is 1.84 bits per heavy atom. The van der Waals surface area contributed by atoms with E-state index >= 15 is 0 Å². The zero-order chi connectivity index (χ0) is 22.5. The topological polar surface area (TPSA) is 78.3 Å². The third kappa shape index (κ3) is 4.70. The molecule has 0 aliphatic rings. The molecule has 7 nitrogen and oxygen atoms in total. The lowest BCUT2D eigenvalue weighted by atomic mass is 10.1. The largest absolute Gasteiger partial charge is 0.493 e. The van der Waals surface area contributed by atoms with Crippen LogP contribution < -0.4 is 14.8 Å². The molecule has 2 aromatic carbocycles. The SMILES string of the molecule is COc1ccc(-c2csc(-n3nc(C)cc3NC(=O)/C=C\c3ccccc3)n2)cc1OC. The summed E-state index contributed by atoms with van der Waals surface area (Å²) >= 11 is 1.43. The first-order valence-electron chi connectivity index (χ1n) is 9.86. The number of ether oxygens (including phenoxy) is 2. The van der Waals surface area contributed by atoms with Crippen molar-refractivity contribution in [2.75, 3.05) is 19.5 Å². The smallest absolute Gasteiger partial charge is 0.249 e. The van der Waals surface area contributed by atoms with Gasteiger partial charge in [-0.2, -0.15) is 9.78 Å². The van der Waals surface area contributed by atoms with Crippen molar-refractivity contribution >= 4 is 29.1 Å². The van der Waals surface area contributed by atoms with Crippen LogP contribution in [0.2, 0.25) is 0 Å². The summed E-state index contributed by atoms with van der Waals surface area (Å²) in [6.45, 7) is 1.87. The molecule has 0 aliphatic carbocycles. The number of rotatable bonds is 7. The number of aromatic nitrogens is 3. The number of nitrogens with one attached hydrogen (secondary N) is 1. The predicted molar refractivity (Wildman–Crippen MR) is 127 cm³/mol. The second-order valence-corrected chi connectivity index (χ2v) is 7.74. The number of nitrogens with zero attached hydrogens (tertiary/aromatic N) is 3. The van der Waals surface area contributed by atoms with Crippen molar-refractivity contribution in [2.24, 2.45) is 0 Å². The monoisotopic (exact) mass is 446 g/mol. The maximum absolute atomic E-state index is 12.5. The van der Waals surface area contributed by atoms with E-state index in [1.807, 2.05) is 66.9 Å². The second-order valence-electron chi connectivity index (χ2n) is 6.90. The first-order valence-corrected chi connectivity index (χ1v) is 10.7. The average molecular weight is 447 g/mol. The molecule has 0 unspecified atom stereocenters. The summed E-state index contributed by atoms with van der Waals surface area (Å²) in [7, 11) is 3.20. The minimum atomic E-state index is -0.244. The van der Waals surface area contributed by atoms with Crippen LogP contribution in [0.4, 0.5) is 5.82 Å². The summed E-state index contributed by atoms with van der Waals surface area (Å²) in [5.74, 6) is 1.60. The van der Waals surface area contributed by atoms with Gasteiger partial charge < -0.3 is 14.8 Å². The Hall–Kier alpha value is -3.91. The van der Waals surface area contributed by atoms with E-state index in [4.69, 9.17) is 14.5 Å². The summed E-state index contributed by atoms with van der Waals surface area (Å²) in [4.78, 5) is 17.2. The van der Waals surface area contributed by atoms with Crippen LogP contribution in [-0.4, -0.2) is 34.9 Å². The van der Waals surface area contributed by atoms with Gasteiger partial charge in [-0.3, -0.25) is 4.79 Å². The quantitative estimate of drug-likeness (QED) is 0.406. The van der Waals surface area contributed by atoms with Crippen LogP contribution in [0.3, 0.4) is 0 Å². The van der Waals surface area contributed by atoms with Gasteiger partial charge in [-0.15, -0.1) is 11.3 Å². The van der Waals surface area contributed by atoms with E-state index in [1.54, 1.807) is 25.0 Å². The summed E-state index contributed by atoms with van der Waals surface area (Å²) in [6.07, 6.45) is 3.26. The fourth-order valence-corrected chi connectivity index (χ4v) is 3.92. The molecule has 0 aliphatic heterocycles. The molecule has 4 rings (SSSR count). The molecule has 0 atom stereocenters. The molecule has 0 saturated carbocycles. The van der Waals surface area contributed by atoms with Gasteiger partial charge in [-0.1, -0.05) is 30.3 Å². The Labute approximate surface area is 190 Å². The van der Waals surface area contributed by atoms with Crippen molar-refractivity contribution in [3.63, 3.8) is 0 Å². The Kier molecular flexibility index (Phi) is 6.32. The molecular formula is C24H22N4O3S. The van der Waals surface area contributed by atoms with Crippen molar-refractivity contribution in [3.05, 3.63) is 77.3 Å². The number of hydrogen-bond donors (Lipinski definition) is 1. The number of thiazole rings is 1. The van der Waals surface area contributed by atoms with E-state index in [1.165, 1.54) is 17.4 Å². The van der Waals surface area contributed by atoms with Gasteiger partial charge in [-0.25, -0.2) is 4.98 Å². The van der Waals surface area contributed by atoms with Crippen LogP contribution in [0, 0.1) is 6.92 Å². The highest BCUT2D eigenvalue weighted by atomic mass is 32.1. The standard InChI is InChI=1S/C24H22N4O3S/c1-16-13-22(26-23(29)12-9-17-7-5-4-6-8-17)28(27-16)24-25-19(15-32-24)18-10-11-20(30-2)21(14-18)31-3/h4-15H,1-3H3,(H,26,29)/b12-9-. The third-order valence-corrected chi connectivity index (χ3v) is 5.48. The summed E-state index contributed by atoms with van der Waals surface area (Å²) in [6, 6.07) is 17.1. The number of carbonyl (C=O) groups excluding carboxylic acids is 1. The first-order chi connectivity index (χ1) is 15.6. The number of aryl methyl sites for hydroxylation is 1. The van der Waals surface area contributed by atoms with Crippen LogP contribution in [-0.2, 0) is 4.79 Å². The molecule has 32 heavy (non-hydrogen) atoms. The number of anilines is 1. The highest BCUT2D eigenvalue weighted by molar-refractivity contribution is 7.12. The Bertz CT molecular complexity index is 1260. The molecule has 0 spiro atoms. The molecule has 0 bridgehead atoms. The van der Waals surface area contributed by atoms with Crippen LogP contribution in [0.15, 0.2) is 66.1 Å². The zero-order valence-corrected chi connectivity index (χ0v) is 18.7. The molecule has 1 amide bonds. The lowest BCUT2D eigenvalue weighted by Crippen LogP contribution is -2.12. The van der Waals surface area contributed by atoms with Gasteiger partial charge in [0.15, 0.2) is 11.5 Å². The molecular weight excluding hydrogens is 424 g/mol. The van der Waals surface area contributed by atoms with Crippen LogP contribution in [0.25, 0.3) is 22.5 Å². The van der Waals surface area contributed by atoms with E-state index in [2.05, 4.69) is 10.4 Å². The van der Waals surface area contributed by atoms with Crippen molar-refractivity contribution < 1.29 is 14.3 Å². The summed E-state index contributed by atoms with van der Waals surface area (Å²) in [5.41, 5.74) is 3.40. The summed E-state index contributed by atoms with van der Waals surface area (Å²) in [5, 5.41) is 9.97. The third-order valence-electron chi connectivity index (χ3n) is 4.66. The van der Waals surface area contributed by atoms with Crippen LogP contribution >= 0.6 is 11.3 Å². The molecule has 4 aromatic rings. The average Bonchev–Trinajstić information content (AvgIpc) is 3.44. The van der Waals surface area contributed by atoms with Gasteiger partial charge in [0.25, 0.3) is 0 Å². The van der Waals surface area contributed by atoms with E-state index in [0.717, 1.165) is 22.5 Å². The lowest BCUT2D eigenvalue weighted by Gasteiger charge is -2.08. The van der Waals surface area contributed by atoms with E-state index in [9.17, 15) is 4.79 Å². The van der Waals surface area contributed by atoms with Gasteiger partial charge in [0.05, 0.1) is 25.6 Å². The molecule has 1 N–H and O–H groups in total. The summed E-state index contributed by atoms with van der Waals surface area (Å²) < 4.78 is 12.3. The second kappa shape index (κ2) is 9.49.